The molecule has 0 radical (unpaired) electrons. The van der Waals surface area contributed by atoms with E-state index in [4.69, 9.17) is 5.26 Å². The van der Waals surface area contributed by atoms with Crippen molar-refractivity contribution in [1.82, 2.24) is 4.90 Å². The molecule has 20 heavy (non-hydrogen) atoms. The highest BCUT2D eigenvalue weighted by Gasteiger charge is 2.07. The van der Waals surface area contributed by atoms with Crippen molar-refractivity contribution < 1.29 is 0 Å². The molecule has 0 aliphatic rings. The predicted octanol–water partition coefficient (Wildman–Crippen LogP) is 4.12. The fourth-order valence-electron chi connectivity index (χ4n) is 2.10. The van der Waals surface area contributed by atoms with Crippen LogP contribution < -0.4 is 0 Å². The molecule has 0 bridgehead atoms. The molecule has 0 heterocycles. The maximum absolute atomic E-state index is 8.86. The number of nitriles is 1. The Morgan fingerprint density at radius 3 is 1.80 bits per heavy atom. The van der Waals surface area contributed by atoms with Crippen LogP contribution in [-0.4, -0.2) is 4.90 Å². The summed E-state index contributed by atoms with van der Waals surface area (Å²) in [5.74, 6) is 0. The van der Waals surface area contributed by atoms with Gasteiger partial charge in [-0.1, -0.05) is 60.7 Å². The molecular formula is C18H18N2. The Bertz CT molecular complexity index is 553. The van der Waals surface area contributed by atoms with Gasteiger partial charge in [0.05, 0.1) is 6.07 Å². The van der Waals surface area contributed by atoms with Crippen LogP contribution in [-0.2, 0) is 13.1 Å². The molecular weight excluding hydrogens is 244 g/mol. The third kappa shape index (κ3) is 4.00. The van der Waals surface area contributed by atoms with E-state index in [1.165, 1.54) is 11.1 Å². The van der Waals surface area contributed by atoms with Crippen LogP contribution in [0, 0.1) is 11.3 Å². The monoisotopic (exact) mass is 262 g/mol. The van der Waals surface area contributed by atoms with E-state index in [9.17, 15) is 0 Å². The Morgan fingerprint density at radius 1 is 0.950 bits per heavy atom. The van der Waals surface area contributed by atoms with Crippen LogP contribution in [0.1, 0.15) is 18.1 Å². The first-order chi connectivity index (χ1) is 9.79. The Hall–Kier alpha value is -2.53. The largest absolute Gasteiger partial charge is 0.366 e. The van der Waals surface area contributed by atoms with Crippen LogP contribution in [0.5, 0.6) is 0 Å². The van der Waals surface area contributed by atoms with Gasteiger partial charge in [-0.25, -0.2) is 0 Å². The van der Waals surface area contributed by atoms with Crippen LogP contribution in [0.15, 0.2) is 72.4 Å². The molecule has 2 rings (SSSR count). The molecule has 0 atom stereocenters. The van der Waals surface area contributed by atoms with E-state index in [0.717, 1.165) is 18.8 Å². The molecule has 0 aliphatic carbocycles. The molecule has 2 aromatic rings. The number of hydrogen-bond acceptors (Lipinski definition) is 2. The minimum absolute atomic E-state index is 0.805. The topological polar surface area (TPSA) is 27.0 Å². The zero-order chi connectivity index (χ0) is 14.2. The van der Waals surface area contributed by atoms with Crippen LogP contribution in [0.25, 0.3) is 0 Å². The molecule has 0 unspecified atom stereocenters. The van der Waals surface area contributed by atoms with Gasteiger partial charge in [-0.15, -0.1) is 0 Å². The molecule has 0 N–H and O–H groups in total. The summed E-state index contributed by atoms with van der Waals surface area (Å²) in [7, 11) is 0. The van der Waals surface area contributed by atoms with Crippen molar-refractivity contribution in [2.45, 2.75) is 20.0 Å². The van der Waals surface area contributed by atoms with Crippen molar-refractivity contribution in [2.24, 2.45) is 0 Å². The Kier molecular flexibility index (Phi) is 4.97. The molecule has 2 aromatic carbocycles. The number of nitrogens with zero attached hydrogens (tertiary/aromatic N) is 2. The van der Waals surface area contributed by atoms with Crippen LogP contribution in [0.4, 0.5) is 0 Å². The van der Waals surface area contributed by atoms with E-state index >= 15 is 0 Å². The summed E-state index contributed by atoms with van der Waals surface area (Å²) in [6.07, 6.45) is 1.60. The number of benzene rings is 2. The summed E-state index contributed by atoms with van der Waals surface area (Å²) >= 11 is 0. The van der Waals surface area contributed by atoms with Crippen molar-refractivity contribution in [3.63, 3.8) is 0 Å². The average Bonchev–Trinajstić information content (AvgIpc) is 2.49. The summed E-state index contributed by atoms with van der Waals surface area (Å²) in [6, 6.07) is 22.7. The van der Waals surface area contributed by atoms with Crippen molar-refractivity contribution in [3.05, 3.63) is 83.6 Å². The summed E-state index contributed by atoms with van der Waals surface area (Å²) in [5.41, 5.74) is 3.48. The maximum Gasteiger partial charge on any atom is 0.0930 e. The molecule has 2 nitrogen and oxygen atoms in total. The molecule has 0 amide bonds. The van der Waals surface area contributed by atoms with Gasteiger partial charge in [0, 0.05) is 24.9 Å². The lowest BCUT2D eigenvalue weighted by Crippen LogP contribution is -2.20. The quantitative estimate of drug-likeness (QED) is 0.758. The summed E-state index contributed by atoms with van der Waals surface area (Å²) in [6.45, 7) is 3.59. The van der Waals surface area contributed by atoms with Crippen LogP contribution >= 0.6 is 0 Å². The standard InChI is InChI=1S/C18H18N2/c1-16(12-13-19)20(14-17-8-4-2-5-9-17)15-18-10-6-3-7-11-18/h2-12H,14-15H2,1H3. The third-order valence-corrected chi connectivity index (χ3v) is 3.20. The van der Waals surface area contributed by atoms with Crippen LogP contribution in [0.3, 0.4) is 0 Å². The average molecular weight is 262 g/mol. The van der Waals surface area contributed by atoms with Gasteiger partial charge in [0.2, 0.25) is 0 Å². The van der Waals surface area contributed by atoms with E-state index in [2.05, 4.69) is 35.2 Å². The molecule has 2 heteroatoms. The van der Waals surface area contributed by atoms with Gasteiger partial charge in [-0.05, 0) is 18.1 Å². The maximum atomic E-state index is 8.86. The number of allylic oxidation sites excluding steroid dienone is 2. The first-order valence-electron chi connectivity index (χ1n) is 6.69. The van der Waals surface area contributed by atoms with Crippen molar-refractivity contribution in [1.29, 1.82) is 5.26 Å². The predicted molar refractivity (Wildman–Crippen MR) is 81.5 cm³/mol. The molecule has 0 aromatic heterocycles. The normalized spacial score (nSPS) is 10.9. The fraction of sp³-hybridized carbons (Fsp3) is 0.167. The first-order valence-corrected chi connectivity index (χ1v) is 6.69. The van der Waals surface area contributed by atoms with E-state index in [0.29, 0.717) is 0 Å². The lowest BCUT2D eigenvalue weighted by molar-refractivity contribution is 0.330. The van der Waals surface area contributed by atoms with Gasteiger partial charge in [-0.2, -0.15) is 5.26 Å². The second-order valence-electron chi connectivity index (χ2n) is 4.74. The van der Waals surface area contributed by atoms with E-state index in [-0.39, 0.29) is 0 Å². The van der Waals surface area contributed by atoms with E-state index < -0.39 is 0 Å². The Balaban J connectivity index is 2.17. The molecule has 0 saturated carbocycles. The lowest BCUT2D eigenvalue weighted by atomic mass is 10.1. The number of rotatable bonds is 5. The fourth-order valence-corrected chi connectivity index (χ4v) is 2.10. The zero-order valence-corrected chi connectivity index (χ0v) is 11.7. The number of hydrogen-bond donors (Lipinski definition) is 0. The van der Waals surface area contributed by atoms with Gasteiger partial charge in [0.15, 0.2) is 0 Å². The summed E-state index contributed by atoms with van der Waals surface area (Å²) in [5, 5.41) is 8.86. The first kappa shape index (κ1) is 13.9. The smallest absolute Gasteiger partial charge is 0.0930 e. The minimum Gasteiger partial charge on any atom is -0.366 e. The Labute approximate surface area is 120 Å². The van der Waals surface area contributed by atoms with Gasteiger partial charge >= 0.3 is 0 Å². The highest BCUT2D eigenvalue weighted by atomic mass is 15.1. The van der Waals surface area contributed by atoms with Gasteiger partial charge in [0.25, 0.3) is 0 Å². The highest BCUT2D eigenvalue weighted by Crippen LogP contribution is 2.15. The van der Waals surface area contributed by atoms with Gasteiger partial charge in [0.1, 0.15) is 0 Å². The second kappa shape index (κ2) is 7.16. The van der Waals surface area contributed by atoms with Gasteiger partial charge < -0.3 is 4.90 Å². The third-order valence-electron chi connectivity index (χ3n) is 3.20. The van der Waals surface area contributed by atoms with E-state index in [1.807, 2.05) is 43.3 Å². The van der Waals surface area contributed by atoms with Crippen molar-refractivity contribution >= 4 is 0 Å². The molecule has 0 saturated heterocycles. The SMILES string of the molecule is CC(=CC#N)N(Cc1ccccc1)Cc1ccccc1. The minimum atomic E-state index is 0.805. The molecule has 0 aliphatic heterocycles. The zero-order valence-electron chi connectivity index (χ0n) is 11.7. The molecule has 0 spiro atoms. The Morgan fingerprint density at radius 2 is 1.40 bits per heavy atom. The van der Waals surface area contributed by atoms with Crippen molar-refractivity contribution in [3.8, 4) is 6.07 Å². The van der Waals surface area contributed by atoms with Gasteiger partial charge in [-0.3, -0.25) is 0 Å². The summed E-state index contributed by atoms with van der Waals surface area (Å²) < 4.78 is 0. The highest BCUT2D eigenvalue weighted by molar-refractivity contribution is 5.20. The van der Waals surface area contributed by atoms with Crippen molar-refractivity contribution in [2.75, 3.05) is 0 Å². The van der Waals surface area contributed by atoms with E-state index in [1.54, 1.807) is 6.08 Å². The molecule has 100 valence electrons. The lowest BCUT2D eigenvalue weighted by Gasteiger charge is -2.25. The summed E-state index contributed by atoms with van der Waals surface area (Å²) in [4.78, 5) is 2.22. The second-order valence-corrected chi connectivity index (χ2v) is 4.74. The van der Waals surface area contributed by atoms with Crippen LogP contribution in [0.2, 0.25) is 0 Å². The molecule has 0 fully saturated rings.